The molecule has 4 nitrogen and oxygen atoms in total. The van der Waals surface area contributed by atoms with Gasteiger partial charge in [-0.25, -0.2) is 4.79 Å². The van der Waals surface area contributed by atoms with E-state index in [-0.39, 0.29) is 5.97 Å². The minimum atomic E-state index is -0.236. The Kier molecular flexibility index (Phi) is 5.92. The number of ether oxygens (including phenoxy) is 2. The van der Waals surface area contributed by atoms with E-state index in [1.807, 2.05) is 13.1 Å². The van der Waals surface area contributed by atoms with E-state index >= 15 is 0 Å². The molecule has 0 spiro atoms. The van der Waals surface area contributed by atoms with Crippen molar-refractivity contribution in [3.8, 4) is 0 Å². The summed E-state index contributed by atoms with van der Waals surface area (Å²) in [6.07, 6.45) is 3.48. The van der Waals surface area contributed by atoms with E-state index in [1.54, 1.807) is 7.11 Å². The molecule has 18 heavy (non-hydrogen) atoms. The van der Waals surface area contributed by atoms with Crippen molar-refractivity contribution in [1.82, 2.24) is 4.98 Å². The molecule has 1 heterocycles. The van der Waals surface area contributed by atoms with E-state index in [4.69, 9.17) is 9.47 Å². The van der Waals surface area contributed by atoms with E-state index < -0.39 is 0 Å². The van der Waals surface area contributed by atoms with Gasteiger partial charge in [-0.3, -0.25) is 0 Å². The van der Waals surface area contributed by atoms with E-state index in [1.165, 1.54) is 0 Å². The van der Waals surface area contributed by atoms with Crippen molar-refractivity contribution in [1.29, 1.82) is 0 Å². The summed E-state index contributed by atoms with van der Waals surface area (Å²) >= 11 is 0. The van der Waals surface area contributed by atoms with E-state index in [2.05, 4.69) is 18.8 Å². The maximum atomic E-state index is 12.0. The number of aromatic nitrogens is 1. The molecule has 4 heteroatoms. The predicted octanol–water partition coefficient (Wildman–Crippen LogP) is 2.58. The zero-order valence-corrected chi connectivity index (χ0v) is 11.7. The maximum absolute atomic E-state index is 12.0. The number of rotatable bonds is 7. The van der Waals surface area contributed by atoms with Crippen LogP contribution < -0.4 is 0 Å². The molecule has 1 N–H and O–H groups in total. The lowest BCUT2D eigenvalue weighted by Gasteiger charge is -2.08. The zero-order chi connectivity index (χ0) is 13.5. The van der Waals surface area contributed by atoms with Gasteiger partial charge in [0.1, 0.15) is 0 Å². The molecule has 0 amide bonds. The van der Waals surface area contributed by atoms with Crippen LogP contribution in [-0.4, -0.2) is 31.3 Å². The molecule has 0 aromatic carbocycles. The van der Waals surface area contributed by atoms with Crippen LogP contribution in [-0.2, 0) is 22.3 Å². The van der Waals surface area contributed by atoms with Gasteiger partial charge < -0.3 is 14.5 Å². The molecule has 0 atom stereocenters. The first-order valence-corrected chi connectivity index (χ1v) is 6.45. The minimum absolute atomic E-state index is 0.236. The maximum Gasteiger partial charge on any atom is 0.340 e. The average Bonchev–Trinajstić information content (AvgIpc) is 2.68. The van der Waals surface area contributed by atoms with Crippen molar-refractivity contribution in [2.45, 2.75) is 33.6 Å². The molecule has 0 aliphatic rings. The number of hydrogen-bond acceptors (Lipinski definition) is 3. The minimum Gasteiger partial charge on any atom is -0.462 e. The Hall–Kier alpha value is -1.29. The summed E-state index contributed by atoms with van der Waals surface area (Å²) in [5.41, 5.74) is 2.64. The van der Waals surface area contributed by atoms with Crippen LogP contribution in [0.5, 0.6) is 0 Å². The number of methoxy groups -OCH3 is 1. The predicted molar refractivity (Wildman–Crippen MR) is 70.9 cm³/mol. The lowest BCUT2D eigenvalue weighted by molar-refractivity contribution is 0.0523. The number of aromatic amines is 1. The number of esters is 1. The van der Waals surface area contributed by atoms with Crippen LogP contribution >= 0.6 is 0 Å². The lowest BCUT2D eigenvalue weighted by atomic mass is 10.00. The molecule has 1 aromatic heterocycles. The lowest BCUT2D eigenvalue weighted by Crippen LogP contribution is -2.11. The summed E-state index contributed by atoms with van der Waals surface area (Å²) in [5.74, 6) is 0.268. The van der Waals surface area contributed by atoms with Gasteiger partial charge in [0.15, 0.2) is 0 Å². The molecular weight excluding hydrogens is 230 g/mol. The zero-order valence-electron chi connectivity index (χ0n) is 11.7. The Balaban J connectivity index is 2.96. The first-order chi connectivity index (χ1) is 8.60. The van der Waals surface area contributed by atoms with Gasteiger partial charge in [-0.2, -0.15) is 0 Å². The summed E-state index contributed by atoms with van der Waals surface area (Å²) in [6, 6.07) is 0. The highest BCUT2D eigenvalue weighted by atomic mass is 16.5. The summed E-state index contributed by atoms with van der Waals surface area (Å²) in [5, 5.41) is 0. The van der Waals surface area contributed by atoms with Gasteiger partial charge in [-0.05, 0) is 24.8 Å². The van der Waals surface area contributed by atoms with Gasteiger partial charge in [0.05, 0.1) is 18.8 Å². The SMILES string of the molecule is CCOC(=O)c1c(CC(C)C)c[nH]c1CCOC. The van der Waals surface area contributed by atoms with E-state index in [0.29, 0.717) is 31.1 Å². The third-order valence-electron chi connectivity index (χ3n) is 2.71. The van der Waals surface area contributed by atoms with E-state index in [9.17, 15) is 4.79 Å². The van der Waals surface area contributed by atoms with Crippen molar-refractivity contribution < 1.29 is 14.3 Å². The van der Waals surface area contributed by atoms with Gasteiger partial charge in [0.25, 0.3) is 0 Å². The van der Waals surface area contributed by atoms with Crippen LogP contribution in [0.3, 0.4) is 0 Å². The monoisotopic (exact) mass is 253 g/mol. The number of H-pyrrole nitrogens is 1. The van der Waals surface area contributed by atoms with Crippen molar-refractivity contribution in [2.24, 2.45) is 5.92 Å². The van der Waals surface area contributed by atoms with Crippen LogP contribution in [0.1, 0.15) is 42.4 Å². The fourth-order valence-electron chi connectivity index (χ4n) is 1.97. The first-order valence-electron chi connectivity index (χ1n) is 6.45. The fraction of sp³-hybridized carbons (Fsp3) is 0.643. The number of nitrogens with one attached hydrogen (secondary N) is 1. The molecular formula is C14H23NO3. The largest absolute Gasteiger partial charge is 0.462 e. The van der Waals surface area contributed by atoms with Crippen molar-refractivity contribution in [3.63, 3.8) is 0 Å². The highest BCUT2D eigenvalue weighted by molar-refractivity contribution is 5.92. The second-order valence-electron chi connectivity index (χ2n) is 4.73. The summed E-state index contributed by atoms with van der Waals surface area (Å²) in [7, 11) is 1.65. The third kappa shape index (κ3) is 3.88. The Morgan fingerprint density at radius 3 is 2.72 bits per heavy atom. The molecule has 0 saturated carbocycles. The summed E-state index contributed by atoms with van der Waals surface area (Å²) in [6.45, 7) is 7.08. The van der Waals surface area contributed by atoms with Crippen LogP contribution in [0.4, 0.5) is 0 Å². The second-order valence-corrected chi connectivity index (χ2v) is 4.73. The quantitative estimate of drug-likeness (QED) is 0.760. The van der Waals surface area contributed by atoms with Crippen LogP contribution in [0.2, 0.25) is 0 Å². The van der Waals surface area contributed by atoms with Crippen LogP contribution in [0.15, 0.2) is 6.20 Å². The molecule has 0 aliphatic carbocycles. The molecule has 0 aliphatic heterocycles. The van der Waals surface area contributed by atoms with Crippen molar-refractivity contribution >= 4 is 5.97 Å². The topological polar surface area (TPSA) is 51.3 Å². The Morgan fingerprint density at radius 1 is 1.44 bits per heavy atom. The third-order valence-corrected chi connectivity index (χ3v) is 2.71. The van der Waals surface area contributed by atoms with Crippen molar-refractivity contribution in [2.75, 3.05) is 20.3 Å². The molecule has 0 unspecified atom stereocenters. The summed E-state index contributed by atoms with van der Waals surface area (Å²) < 4.78 is 10.2. The van der Waals surface area contributed by atoms with Gasteiger partial charge in [0.2, 0.25) is 0 Å². The first kappa shape index (κ1) is 14.8. The normalized spacial score (nSPS) is 10.9. The van der Waals surface area contributed by atoms with Gasteiger partial charge in [-0.1, -0.05) is 13.8 Å². The molecule has 0 saturated heterocycles. The molecule has 0 fully saturated rings. The summed E-state index contributed by atoms with van der Waals surface area (Å²) in [4.78, 5) is 15.2. The van der Waals surface area contributed by atoms with Crippen LogP contribution in [0.25, 0.3) is 0 Å². The van der Waals surface area contributed by atoms with Crippen molar-refractivity contribution in [3.05, 3.63) is 23.0 Å². The molecule has 102 valence electrons. The Morgan fingerprint density at radius 2 is 2.17 bits per heavy atom. The highest BCUT2D eigenvalue weighted by Crippen LogP contribution is 2.19. The number of hydrogen-bond donors (Lipinski definition) is 1. The molecule has 0 bridgehead atoms. The molecule has 0 radical (unpaired) electrons. The molecule has 1 rings (SSSR count). The highest BCUT2D eigenvalue weighted by Gasteiger charge is 2.19. The Labute approximate surface area is 109 Å². The van der Waals surface area contributed by atoms with Gasteiger partial charge in [0, 0.05) is 25.4 Å². The van der Waals surface area contributed by atoms with Gasteiger partial charge in [-0.15, -0.1) is 0 Å². The molecule has 1 aromatic rings. The second kappa shape index (κ2) is 7.21. The standard InChI is InChI=1S/C14H23NO3/c1-5-18-14(16)13-11(8-10(2)3)9-15-12(13)6-7-17-4/h9-10,15H,5-8H2,1-4H3. The Bertz CT molecular complexity index is 382. The van der Waals surface area contributed by atoms with Gasteiger partial charge >= 0.3 is 5.97 Å². The van der Waals surface area contributed by atoms with Crippen LogP contribution in [0, 0.1) is 5.92 Å². The van der Waals surface area contributed by atoms with E-state index in [0.717, 1.165) is 17.7 Å². The fourth-order valence-corrected chi connectivity index (χ4v) is 1.97. The number of carbonyl (C=O) groups excluding carboxylic acids is 1. The smallest absolute Gasteiger partial charge is 0.340 e. The number of carbonyl (C=O) groups is 1. The average molecular weight is 253 g/mol.